The topological polar surface area (TPSA) is 0 Å². The molecule has 2 atom stereocenters. The largest absolute Gasteiger partial charge is 0.133 e. The first-order valence-corrected chi connectivity index (χ1v) is 8.83. The van der Waals surface area contributed by atoms with E-state index in [0.717, 1.165) is 6.16 Å². The standard InChI is InChI=1S/C20H20P2/c1-14-11-19(22)9-10-20(14)18-4-2-3-17(12-18)16-7-5-15(13-21)6-8-16/h2-12H,13,21-22H2,1H3. The van der Waals surface area contributed by atoms with Crippen molar-refractivity contribution in [2.45, 2.75) is 13.1 Å². The Kier molecular flexibility index (Phi) is 4.72. The van der Waals surface area contributed by atoms with Crippen molar-refractivity contribution in [2.75, 3.05) is 0 Å². The third-order valence-electron chi connectivity index (χ3n) is 3.95. The van der Waals surface area contributed by atoms with Gasteiger partial charge in [0, 0.05) is 0 Å². The van der Waals surface area contributed by atoms with Crippen LogP contribution >= 0.6 is 18.5 Å². The highest BCUT2D eigenvalue weighted by molar-refractivity contribution is 7.27. The normalized spacial score (nSPS) is 10.7. The third-order valence-corrected chi connectivity index (χ3v) is 4.78. The molecule has 0 saturated heterocycles. The average molecular weight is 322 g/mol. The molecule has 0 nitrogen and oxygen atoms in total. The zero-order valence-electron chi connectivity index (χ0n) is 12.7. The minimum absolute atomic E-state index is 1.00. The Labute approximate surface area is 137 Å². The van der Waals surface area contributed by atoms with Crippen molar-refractivity contribution >= 4 is 23.8 Å². The number of rotatable bonds is 3. The molecule has 0 radical (unpaired) electrons. The van der Waals surface area contributed by atoms with Crippen molar-refractivity contribution in [1.82, 2.24) is 0 Å². The maximum absolute atomic E-state index is 2.77. The maximum atomic E-state index is 2.77. The molecule has 22 heavy (non-hydrogen) atoms. The second-order valence-electron chi connectivity index (χ2n) is 5.56. The summed E-state index contributed by atoms with van der Waals surface area (Å²) in [6.45, 7) is 2.17. The van der Waals surface area contributed by atoms with E-state index in [9.17, 15) is 0 Å². The fourth-order valence-corrected chi connectivity index (χ4v) is 3.33. The van der Waals surface area contributed by atoms with Crippen molar-refractivity contribution in [3.63, 3.8) is 0 Å². The van der Waals surface area contributed by atoms with Gasteiger partial charge in [0.2, 0.25) is 0 Å². The summed E-state index contributed by atoms with van der Waals surface area (Å²) in [6.07, 6.45) is 1.00. The molecule has 3 aromatic carbocycles. The van der Waals surface area contributed by atoms with Gasteiger partial charge in [-0.15, -0.1) is 18.5 Å². The van der Waals surface area contributed by atoms with Crippen LogP contribution in [0.5, 0.6) is 0 Å². The van der Waals surface area contributed by atoms with E-state index in [2.05, 4.69) is 92.1 Å². The SMILES string of the molecule is Cc1cc(P)ccc1-c1cccc(-c2ccc(CP)cc2)c1. The highest BCUT2D eigenvalue weighted by Gasteiger charge is 2.04. The Morgan fingerprint density at radius 3 is 2.18 bits per heavy atom. The van der Waals surface area contributed by atoms with Crippen molar-refractivity contribution in [3.8, 4) is 22.3 Å². The molecule has 0 N–H and O–H groups in total. The summed E-state index contributed by atoms with van der Waals surface area (Å²) in [5.74, 6) is 0. The minimum atomic E-state index is 1.00. The Hall–Kier alpha value is -1.48. The molecule has 0 aliphatic heterocycles. The second-order valence-corrected chi connectivity index (χ2v) is 6.63. The molecule has 0 aliphatic carbocycles. The van der Waals surface area contributed by atoms with Gasteiger partial charge in [-0.2, -0.15) is 0 Å². The van der Waals surface area contributed by atoms with Crippen molar-refractivity contribution in [2.24, 2.45) is 0 Å². The summed E-state index contributed by atoms with van der Waals surface area (Å²) in [4.78, 5) is 0. The van der Waals surface area contributed by atoms with Gasteiger partial charge >= 0.3 is 0 Å². The van der Waals surface area contributed by atoms with E-state index >= 15 is 0 Å². The smallest absolute Gasteiger partial charge is 0.0128 e. The molecule has 2 heteroatoms. The van der Waals surface area contributed by atoms with Gasteiger partial charge in [-0.3, -0.25) is 0 Å². The lowest BCUT2D eigenvalue weighted by molar-refractivity contribution is 1.42. The van der Waals surface area contributed by atoms with E-state index in [1.54, 1.807) is 0 Å². The summed E-state index contributed by atoms with van der Waals surface area (Å²) >= 11 is 0. The Bertz CT molecular complexity index is 789. The van der Waals surface area contributed by atoms with E-state index in [-0.39, 0.29) is 0 Å². The molecule has 0 aromatic heterocycles. The molecule has 0 spiro atoms. The zero-order valence-corrected chi connectivity index (χ0v) is 15.0. The van der Waals surface area contributed by atoms with E-state index in [0.29, 0.717) is 0 Å². The summed E-state index contributed by atoms with van der Waals surface area (Å²) in [7, 11) is 5.53. The highest BCUT2D eigenvalue weighted by atomic mass is 31.0. The minimum Gasteiger partial charge on any atom is -0.133 e. The number of aryl methyl sites for hydroxylation is 1. The fraction of sp³-hybridized carbons (Fsp3) is 0.100. The Morgan fingerprint density at radius 1 is 0.773 bits per heavy atom. The molecule has 110 valence electrons. The lowest BCUT2D eigenvalue weighted by Crippen LogP contribution is -1.93. The molecule has 0 aliphatic rings. The molecular formula is C20H20P2. The number of hydrogen-bond donors (Lipinski definition) is 0. The van der Waals surface area contributed by atoms with E-state index in [4.69, 9.17) is 0 Å². The van der Waals surface area contributed by atoms with Gasteiger partial charge in [0.25, 0.3) is 0 Å². The van der Waals surface area contributed by atoms with Crippen LogP contribution in [0.4, 0.5) is 0 Å². The van der Waals surface area contributed by atoms with Gasteiger partial charge in [0.1, 0.15) is 0 Å². The molecule has 0 amide bonds. The van der Waals surface area contributed by atoms with Gasteiger partial charge in [-0.25, -0.2) is 0 Å². The summed E-state index contributed by atoms with van der Waals surface area (Å²) in [5, 5.41) is 1.23. The van der Waals surface area contributed by atoms with Crippen LogP contribution in [-0.4, -0.2) is 0 Å². The molecule has 3 rings (SSSR count). The summed E-state index contributed by atoms with van der Waals surface area (Å²) in [5.41, 5.74) is 7.76. The predicted octanol–water partition coefficient (Wildman–Crippen LogP) is 5.20. The van der Waals surface area contributed by atoms with Gasteiger partial charge < -0.3 is 0 Å². The van der Waals surface area contributed by atoms with Gasteiger partial charge in [-0.05, 0) is 57.8 Å². The van der Waals surface area contributed by atoms with Crippen LogP contribution in [0, 0.1) is 6.92 Å². The predicted molar refractivity (Wildman–Crippen MR) is 105 cm³/mol. The van der Waals surface area contributed by atoms with Crippen LogP contribution in [0.25, 0.3) is 22.3 Å². The quantitative estimate of drug-likeness (QED) is 0.581. The third kappa shape index (κ3) is 3.30. The van der Waals surface area contributed by atoms with Crippen molar-refractivity contribution in [3.05, 3.63) is 77.9 Å². The maximum Gasteiger partial charge on any atom is -0.0128 e. The summed E-state index contributed by atoms with van der Waals surface area (Å²) < 4.78 is 0. The molecule has 0 saturated carbocycles. The van der Waals surface area contributed by atoms with Gasteiger partial charge in [0.15, 0.2) is 0 Å². The van der Waals surface area contributed by atoms with Crippen molar-refractivity contribution in [1.29, 1.82) is 0 Å². The van der Waals surface area contributed by atoms with Gasteiger partial charge in [0.05, 0.1) is 0 Å². The lowest BCUT2D eigenvalue weighted by Gasteiger charge is -2.10. The molecule has 0 bridgehead atoms. The van der Waals surface area contributed by atoms with Crippen molar-refractivity contribution < 1.29 is 0 Å². The van der Waals surface area contributed by atoms with Crippen LogP contribution in [0.3, 0.4) is 0 Å². The molecular weight excluding hydrogens is 302 g/mol. The first-order valence-electron chi connectivity index (χ1n) is 7.43. The number of benzene rings is 3. The zero-order chi connectivity index (χ0) is 15.5. The summed E-state index contributed by atoms with van der Waals surface area (Å²) in [6, 6.07) is 24.1. The van der Waals surface area contributed by atoms with Crippen LogP contribution in [0.2, 0.25) is 0 Å². The van der Waals surface area contributed by atoms with E-state index in [1.807, 2.05) is 0 Å². The van der Waals surface area contributed by atoms with Crippen LogP contribution in [0.1, 0.15) is 11.1 Å². The van der Waals surface area contributed by atoms with Crippen LogP contribution in [0.15, 0.2) is 66.7 Å². The molecule has 0 fully saturated rings. The first-order chi connectivity index (χ1) is 10.7. The Balaban J connectivity index is 2.01. The fourth-order valence-electron chi connectivity index (χ4n) is 2.71. The molecule has 0 heterocycles. The monoisotopic (exact) mass is 322 g/mol. The average Bonchev–Trinajstić information content (AvgIpc) is 2.55. The van der Waals surface area contributed by atoms with E-state index in [1.165, 1.54) is 38.7 Å². The Morgan fingerprint density at radius 2 is 1.50 bits per heavy atom. The van der Waals surface area contributed by atoms with Crippen LogP contribution in [-0.2, 0) is 6.16 Å². The van der Waals surface area contributed by atoms with Crippen LogP contribution < -0.4 is 5.30 Å². The second kappa shape index (κ2) is 6.74. The highest BCUT2D eigenvalue weighted by Crippen LogP contribution is 2.28. The molecule has 2 unspecified atom stereocenters. The molecule has 3 aromatic rings. The lowest BCUT2D eigenvalue weighted by atomic mass is 9.96. The first kappa shape index (κ1) is 15.4. The number of hydrogen-bond acceptors (Lipinski definition) is 0. The van der Waals surface area contributed by atoms with Gasteiger partial charge in [-0.1, -0.05) is 60.7 Å². The van der Waals surface area contributed by atoms with E-state index < -0.39 is 0 Å².